The second kappa shape index (κ2) is 5.04. The van der Waals surface area contributed by atoms with Crippen molar-refractivity contribution in [2.75, 3.05) is 13.1 Å². The van der Waals surface area contributed by atoms with Crippen LogP contribution in [0, 0.1) is 0 Å². The lowest BCUT2D eigenvalue weighted by Gasteiger charge is -2.23. The highest BCUT2D eigenvalue weighted by atomic mass is 35.5. The van der Waals surface area contributed by atoms with Crippen LogP contribution in [0.25, 0.3) is 0 Å². The van der Waals surface area contributed by atoms with Gasteiger partial charge in [0.15, 0.2) is 0 Å². The van der Waals surface area contributed by atoms with Gasteiger partial charge in [-0.05, 0) is 35.6 Å². The van der Waals surface area contributed by atoms with E-state index in [9.17, 15) is 18.0 Å². The summed E-state index contributed by atoms with van der Waals surface area (Å²) >= 11 is 5.89. The standard InChI is InChI=1S/C13H13ClF3NO/c1-8-7-18(12(19)13(15,16)17)5-4-9-6-10(14)2-3-11(8)9/h2-3,6,8H,4-5,7H2,1H3. The van der Waals surface area contributed by atoms with E-state index in [1.165, 1.54) is 0 Å². The SMILES string of the molecule is CC1CN(C(=O)C(F)(F)F)CCc2cc(Cl)ccc21. The lowest BCUT2D eigenvalue weighted by Crippen LogP contribution is -2.42. The van der Waals surface area contributed by atoms with Gasteiger partial charge in [0.05, 0.1) is 0 Å². The second-order valence-electron chi connectivity index (χ2n) is 4.74. The molecule has 0 saturated carbocycles. The summed E-state index contributed by atoms with van der Waals surface area (Å²) in [6.45, 7) is 1.96. The van der Waals surface area contributed by atoms with Crippen molar-refractivity contribution in [3.8, 4) is 0 Å². The Bertz CT molecular complexity index is 501. The summed E-state index contributed by atoms with van der Waals surface area (Å²) in [7, 11) is 0. The minimum absolute atomic E-state index is 0.0655. The van der Waals surface area contributed by atoms with Gasteiger partial charge in [-0.3, -0.25) is 4.79 Å². The molecule has 0 aliphatic carbocycles. The number of rotatable bonds is 0. The molecule has 2 nitrogen and oxygen atoms in total. The molecule has 0 bridgehead atoms. The molecular formula is C13H13ClF3NO. The third-order valence-electron chi connectivity index (χ3n) is 3.31. The minimum atomic E-state index is -4.81. The summed E-state index contributed by atoms with van der Waals surface area (Å²) < 4.78 is 37.4. The number of hydrogen-bond donors (Lipinski definition) is 0. The quantitative estimate of drug-likeness (QED) is 0.717. The van der Waals surface area contributed by atoms with Gasteiger partial charge in [-0.2, -0.15) is 13.2 Å². The van der Waals surface area contributed by atoms with Crippen LogP contribution in [0.5, 0.6) is 0 Å². The average molecular weight is 292 g/mol. The minimum Gasteiger partial charge on any atom is -0.334 e. The van der Waals surface area contributed by atoms with Gasteiger partial charge in [0, 0.05) is 18.1 Å². The third-order valence-corrected chi connectivity index (χ3v) is 3.55. The van der Waals surface area contributed by atoms with Crippen LogP contribution in [0.15, 0.2) is 18.2 Å². The molecule has 1 amide bonds. The van der Waals surface area contributed by atoms with Crippen molar-refractivity contribution in [1.29, 1.82) is 0 Å². The van der Waals surface area contributed by atoms with E-state index in [1.54, 1.807) is 12.1 Å². The second-order valence-corrected chi connectivity index (χ2v) is 5.18. The van der Waals surface area contributed by atoms with E-state index in [4.69, 9.17) is 11.6 Å². The van der Waals surface area contributed by atoms with Gasteiger partial charge in [0.1, 0.15) is 0 Å². The molecule has 0 N–H and O–H groups in total. The van der Waals surface area contributed by atoms with Crippen LogP contribution in [-0.2, 0) is 11.2 Å². The molecule has 6 heteroatoms. The number of carbonyl (C=O) groups excluding carboxylic acids is 1. The summed E-state index contributed by atoms with van der Waals surface area (Å²) in [5.41, 5.74) is 1.87. The van der Waals surface area contributed by atoms with E-state index in [0.717, 1.165) is 16.0 Å². The maximum absolute atomic E-state index is 12.5. The van der Waals surface area contributed by atoms with Crippen LogP contribution < -0.4 is 0 Å². The fourth-order valence-electron chi connectivity index (χ4n) is 2.41. The van der Waals surface area contributed by atoms with Gasteiger partial charge in [-0.15, -0.1) is 0 Å². The molecule has 0 fully saturated rings. The lowest BCUT2D eigenvalue weighted by atomic mass is 9.95. The normalized spacial score (nSPS) is 19.8. The van der Waals surface area contributed by atoms with Gasteiger partial charge >= 0.3 is 12.1 Å². The fraction of sp³-hybridized carbons (Fsp3) is 0.462. The van der Waals surface area contributed by atoms with Crippen LogP contribution in [0.1, 0.15) is 24.0 Å². The smallest absolute Gasteiger partial charge is 0.334 e. The molecule has 0 radical (unpaired) electrons. The molecule has 2 rings (SSSR count). The first-order valence-corrected chi connectivity index (χ1v) is 6.31. The molecule has 1 heterocycles. The number of halogens is 4. The van der Waals surface area contributed by atoms with Crippen molar-refractivity contribution < 1.29 is 18.0 Å². The molecule has 0 saturated heterocycles. The van der Waals surface area contributed by atoms with E-state index in [-0.39, 0.29) is 19.0 Å². The molecule has 0 aromatic heterocycles. The van der Waals surface area contributed by atoms with E-state index in [2.05, 4.69) is 0 Å². The number of carbonyl (C=O) groups is 1. The van der Waals surface area contributed by atoms with E-state index in [1.807, 2.05) is 13.0 Å². The first-order chi connectivity index (χ1) is 8.79. The first-order valence-electron chi connectivity index (χ1n) is 5.93. The van der Waals surface area contributed by atoms with E-state index >= 15 is 0 Å². The van der Waals surface area contributed by atoms with Crippen molar-refractivity contribution in [2.24, 2.45) is 0 Å². The highest BCUT2D eigenvalue weighted by Gasteiger charge is 2.43. The first kappa shape index (κ1) is 14.2. The Morgan fingerprint density at radius 1 is 1.42 bits per heavy atom. The zero-order valence-corrected chi connectivity index (χ0v) is 11.1. The summed E-state index contributed by atoms with van der Waals surface area (Å²) in [6.07, 6.45) is -4.42. The Balaban J connectivity index is 2.25. The summed E-state index contributed by atoms with van der Waals surface area (Å²) in [5.74, 6) is -1.90. The van der Waals surface area contributed by atoms with Gasteiger partial charge < -0.3 is 4.90 Å². The third kappa shape index (κ3) is 3.03. The molecule has 0 spiro atoms. The van der Waals surface area contributed by atoms with Gasteiger partial charge in [-0.1, -0.05) is 24.6 Å². The van der Waals surface area contributed by atoms with Crippen LogP contribution in [0.3, 0.4) is 0 Å². The van der Waals surface area contributed by atoms with Gasteiger partial charge in [0.2, 0.25) is 0 Å². The number of alkyl halides is 3. The molecule has 1 unspecified atom stereocenters. The summed E-state index contributed by atoms with van der Waals surface area (Å²) in [4.78, 5) is 12.2. The highest BCUT2D eigenvalue weighted by molar-refractivity contribution is 6.30. The van der Waals surface area contributed by atoms with Gasteiger partial charge in [0.25, 0.3) is 0 Å². The number of hydrogen-bond acceptors (Lipinski definition) is 1. The van der Waals surface area contributed by atoms with Crippen molar-refractivity contribution in [3.63, 3.8) is 0 Å². The molecule has 1 aliphatic rings. The predicted octanol–water partition coefficient (Wildman–Crippen LogP) is 3.39. The predicted molar refractivity (Wildman–Crippen MR) is 66.2 cm³/mol. The van der Waals surface area contributed by atoms with Crippen LogP contribution >= 0.6 is 11.6 Å². The lowest BCUT2D eigenvalue weighted by molar-refractivity contribution is -0.185. The summed E-state index contributed by atoms with van der Waals surface area (Å²) in [6, 6.07) is 5.30. The number of nitrogens with zero attached hydrogens (tertiary/aromatic N) is 1. The molecule has 1 aromatic rings. The Hall–Kier alpha value is -1.23. The highest BCUT2D eigenvalue weighted by Crippen LogP contribution is 2.29. The Morgan fingerprint density at radius 3 is 2.74 bits per heavy atom. The molecule has 104 valence electrons. The van der Waals surface area contributed by atoms with Crippen molar-refractivity contribution in [1.82, 2.24) is 4.90 Å². The maximum atomic E-state index is 12.5. The Morgan fingerprint density at radius 2 is 2.11 bits per heavy atom. The average Bonchev–Trinajstić information content (AvgIpc) is 2.46. The van der Waals surface area contributed by atoms with Crippen molar-refractivity contribution >= 4 is 17.5 Å². The molecule has 1 aromatic carbocycles. The largest absolute Gasteiger partial charge is 0.471 e. The molecular weight excluding hydrogens is 279 g/mol. The maximum Gasteiger partial charge on any atom is 0.471 e. The number of fused-ring (bicyclic) bond motifs is 1. The fourth-order valence-corrected chi connectivity index (χ4v) is 2.61. The zero-order chi connectivity index (χ0) is 14.2. The van der Waals surface area contributed by atoms with Crippen molar-refractivity contribution in [2.45, 2.75) is 25.4 Å². The van der Waals surface area contributed by atoms with E-state index in [0.29, 0.717) is 11.4 Å². The number of benzene rings is 1. The summed E-state index contributed by atoms with van der Waals surface area (Å²) in [5, 5.41) is 0.557. The zero-order valence-electron chi connectivity index (χ0n) is 10.3. The monoisotopic (exact) mass is 291 g/mol. The Kier molecular flexibility index (Phi) is 3.76. The Labute approximate surface area is 114 Å². The van der Waals surface area contributed by atoms with Crippen LogP contribution in [-0.4, -0.2) is 30.1 Å². The van der Waals surface area contributed by atoms with Crippen LogP contribution in [0.2, 0.25) is 5.02 Å². The van der Waals surface area contributed by atoms with E-state index < -0.39 is 12.1 Å². The van der Waals surface area contributed by atoms with Gasteiger partial charge in [-0.25, -0.2) is 0 Å². The van der Waals surface area contributed by atoms with Crippen LogP contribution in [0.4, 0.5) is 13.2 Å². The molecule has 19 heavy (non-hydrogen) atoms. The van der Waals surface area contributed by atoms with Crippen molar-refractivity contribution in [3.05, 3.63) is 34.3 Å². The number of amides is 1. The topological polar surface area (TPSA) is 20.3 Å². The molecule has 1 atom stereocenters. The molecule has 1 aliphatic heterocycles.